The van der Waals surface area contributed by atoms with E-state index in [0.29, 0.717) is 40.0 Å². The smallest absolute Gasteiger partial charge is 0.263 e. The molecule has 2 N–H and O–H groups in total. The van der Waals surface area contributed by atoms with Gasteiger partial charge in [-0.15, -0.1) is 0 Å². The molecule has 0 unspecified atom stereocenters. The van der Waals surface area contributed by atoms with Crippen LogP contribution in [0.4, 0.5) is 5.82 Å². The molecule has 1 fully saturated rings. The van der Waals surface area contributed by atoms with Crippen LogP contribution in [0.15, 0.2) is 48.9 Å². The first-order valence-electron chi connectivity index (χ1n) is 8.83. The van der Waals surface area contributed by atoms with Gasteiger partial charge in [-0.3, -0.25) is 0 Å². The lowest BCUT2D eigenvalue weighted by molar-refractivity contribution is 0.462. The van der Waals surface area contributed by atoms with Gasteiger partial charge in [0.15, 0.2) is 11.6 Å². The number of benzene rings is 1. The van der Waals surface area contributed by atoms with E-state index in [0.717, 1.165) is 19.5 Å². The second-order valence-corrected chi connectivity index (χ2v) is 6.65. The van der Waals surface area contributed by atoms with Gasteiger partial charge in [0.1, 0.15) is 11.4 Å². The van der Waals surface area contributed by atoms with E-state index >= 15 is 0 Å². The summed E-state index contributed by atoms with van der Waals surface area (Å²) in [5.74, 6) is 2.01. The van der Waals surface area contributed by atoms with Gasteiger partial charge in [0, 0.05) is 30.0 Å². The Hall–Kier alpha value is -2.77. The van der Waals surface area contributed by atoms with E-state index in [1.165, 1.54) is 6.42 Å². The number of hydrogen-bond acceptors (Lipinski definition) is 7. The molecule has 4 rings (SSSR count). The third-order valence-corrected chi connectivity index (χ3v) is 4.46. The molecule has 1 aliphatic heterocycles. The molecule has 1 aromatic carbocycles. The molecule has 0 radical (unpaired) electrons. The fraction of sp³-hybridized carbons (Fsp3) is 0.263. The maximum Gasteiger partial charge on any atom is 0.263 e. The number of anilines is 1. The van der Waals surface area contributed by atoms with Crippen LogP contribution in [-0.4, -0.2) is 39.1 Å². The van der Waals surface area contributed by atoms with Gasteiger partial charge in [0.25, 0.3) is 5.88 Å². The van der Waals surface area contributed by atoms with Gasteiger partial charge in [-0.25, -0.2) is 19.9 Å². The number of halogens is 1. The van der Waals surface area contributed by atoms with Crippen LogP contribution in [-0.2, 0) is 0 Å². The minimum absolute atomic E-state index is 0.361. The Morgan fingerprint density at radius 3 is 2.85 bits per heavy atom. The number of hydrogen-bond donors (Lipinski definition) is 2. The predicted molar refractivity (Wildman–Crippen MR) is 104 cm³/mol. The SMILES string of the molecule is Clc1cccc(Oc2nc(-c3ncccn3)cnc2NC[C@@H]2CCCN2)c1. The zero-order valence-corrected chi connectivity index (χ0v) is 15.4. The molecule has 0 spiro atoms. The molecule has 2 aromatic heterocycles. The summed E-state index contributed by atoms with van der Waals surface area (Å²) in [6.45, 7) is 1.80. The van der Waals surface area contributed by atoms with Crippen LogP contribution in [0.1, 0.15) is 12.8 Å². The standard InChI is InChI=1S/C19H19ClN6O/c20-13-4-1-6-15(10-13)27-19-18(24-11-14-5-2-7-21-14)25-12-16(26-19)17-22-8-3-9-23-17/h1,3-4,6,8-10,12,14,21H,2,5,7,11H2,(H,24,25)/t14-/m0/s1. The van der Waals surface area contributed by atoms with E-state index < -0.39 is 0 Å². The zero-order valence-electron chi connectivity index (χ0n) is 14.6. The minimum Gasteiger partial charge on any atom is -0.436 e. The fourth-order valence-electron chi connectivity index (χ4n) is 2.90. The van der Waals surface area contributed by atoms with Crippen molar-refractivity contribution in [3.05, 3.63) is 53.9 Å². The average Bonchev–Trinajstić information content (AvgIpc) is 3.21. The Morgan fingerprint density at radius 1 is 1.19 bits per heavy atom. The van der Waals surface area contributed by atoms with Crippen LogP contribution >= 0.6 is 11.6 Å². The molecule has 1 saturated heterocycles. The van der Waals surface area contributed by atoms with Crippen molar-refractivity contribution < 1.29 is 4.74 Å². The molecular formula is C19H19ClN6O. The van der Waals surface area contributed by atoms with Gasteiger partial charge in [0.2, 0.25) is 0 Å². The largest absolute Gasteiger partial charge is 0.436 e. The van der Waals surface area contributed by atoms with Crippen LogP contribution < -0.4 is 15.4 Å². The quantitative estimate of drug-likeness (QED) is 0.674. The minimum atomic E-state index is 0.361. The molecule has 1 atom stereocenters. The van der Waals surface area contributed by atoms with Crippen molar-refractivity contribution in [2.45, 2.75) is 18.9 Å². The van der Waals surface area contributed by atoms with Gasteiger partial charge in [0.05, 0.1) is 6.20 Å². The molecular weight excluding hydrogens is 364 g/mol. The van der Waals surface area contributed by atoms with Crippen molar-refractivity contribution in [1.82, 2.24) is 25.3 Å². The molecule has 27 heavy (non-hydrogen) atoms. The highest BCUT2D eigenvalue weighted by atomic mass is 35.5. The second-order valence-electron chi connectivity index (χ2n) is 6.22. The van der Waals surface area contributed by atoms with Gasteiger partial charge in [-0.1, -0.05) is 17.7 Å². The molecule has 8 heteroatoms. The second kappa shape index (κ2) is 8.28. The maximum atomic E-state index is 6.07. The molecule has 138 valence electrons. The van der Waals surface area contributed by atoms with Crippen LogP contribution in [0, 0.1) is 0 Å². The van der Waals surface area contributed by atoms with Crippen molar-refractivity contribution in [1.29, 1.82) is 0 Å². The van der Waals surface area contributed by atoms with Crippen molar-refractivity contribution >= 4 is 17.4 Å². The topological polar surface area (TPSA) is 84.9 Å². The summed E-state index contributed by atoms with van der Waals surface area (Å²) >= 11 is 6.07. The summed E-state index contributed by atoms with van der Waals surface area (Å²) < 4.78 is 5.97. The van der Waals surface area contributed by atoms with E-state index in [9.17, 15) is 0 Å². The first kappa shape index (κ1) is 17.6. The Morgan fingerprint density at radius 2 is 2.07 bits per heavy atom. The normalized spacial score (nSPS) is 16.3. The van der Waals surface area contributed by atoms with Crippen molar-refractivity contribution in [2.75, 3.05) is 18.4 Å². The lowest BCUT2D eigenvalue weighted by Crippen LogP contribution is -2.29. The Bertz CT molecular complexity index is 902. The summed E-state index contributed by atoms with van der Waals surface area (Å²) in [6.07, 6.45) is 7.30. The first-order valence-corrected chi connectivity index (χ1v) is 9.21. The van der Waals surface area contributed by atoms with Crippen LogP contribution in [0.2, 0.25) is 5.02 Å². The highest BCUT2D eigenvalue weighted by Crippen LogP contribution is 2.29. The summed E-state index contributed by atoms with van der Waals surface area (Å²) in [4.78, 5) is 17.5. The molecule has 7 nitrogen and oxygen atoms in total. The maximum absolute atomic E-state index is 6.07. The Labute approximate surface area is 162 Å². The number of nitrogens with zero attached hydrogens (tertiary/aromatic N) is 4. The number of ether oxygens (including phenoxy) is 1. The Kier molecular flexibility index (Phi) is 5.41. The van der Waals surface area contributed by atoms with Gasteiger partial charge < -0.3 is 15.4 Å². The molecule has 0 aliphatic carbocycles. The van der Waals surface area contributed by atoms with E-state index in [-0.39, 0.29) is 0 Å². The number of aromatic nitrogens is 4. The third kappa shape index (κ3) is 4.50. The van der Waals surface area contributed by atoms with E-state index in [2.05, 4.69) is 30.6 Å². The van der Waals surface area contributed by atoms with Gasteiger partial charge in [-0.2, -0.15) is 0 Å². The number of rotatable bonds is 6. The lowest BCUT2D eigenvalue weighted by Gasteiger charge is -2.15. The van der Waals surface area contributed by atoms with Crippen molar-refractivity contribution in [3.8, 4) is 23.1 Å². The summed E-state index contributed by atoms with van der Waals surface area (Å²) in [5, 5.41) is 7.38. The van der Waals surface area contributed by atoms with E-state index in [4.69, 9.17) is 16.3 Å². The molecule has 0 bridgehead atoms. The Balaban J connectivity index is 1.62. The first-order chi connectivity index (χ1) is 13.3. The highest BCUT2D eigenvalue weighted by molar-refractivity contribution is 6.30. The number of nitrogens with one attached hydrogen (secondary N) is 2. The molecule has 0 amide bonds. The average molecular weight is 383 g/mol. The third-order valence-electron chi connectivity index (χ3n) is 4.22. The van der Waals surface area contributed by atoms with Crippen LogP contribution in [0.5, 0.6) is 11.6 Å². The monoisotopic (exact) mass is 382 g/mol. The van der Waals surface area contributed by atoms with Gasteiger partial charge >= 0.3 is 0 Å². The summed E-state index contributed by atoms with van der Waals surface area (Å²) in [7, 11) is 0. The van der Waals surface area contributed by atoms with Gasteiger partial charge in [-0.05, 0) is 43.7 Å². The fourth-order valence-corrected chi connectivity index (χ4v) is 3.08. The van der Waals surface area contributed by atoms with Crippen LogP contribution in [0.25, 0.3) is 11.5 Å². The summed E-state index contributed by atoms with van der Waals surface area (Å²) in [6, 6.07) is 9.34. The van der Waals surface area contributed by atoms with Crippen molar-refractivity contribution in [3.63, 3.8) is 0 Å². The predicted octanol–water partition coefficient (Wildman–Crippen LogP) is 3.54. The zero-order chi connectivity index (χ0) is 18.5. The summed E-state index contributed by atoms with van der Waals surface area (Å²) in [5.41, 5.74) is 0.539. The molecule has 0 saturated carbocycles. The molecule has 3 aromatic rings. The van der Waals surface area contributed by atoms with E-state index in [1.54, 1.807) is 36.8 Å². The molecule has 1 aliphatic rings. The van der Waals surface area contributed by atoms with Crippen molar-refractivity contribution in [2.24, 2.45) is 0 Å². The molecule has 3 heterocycles. The van der Waals surface area contributed by atoms with E-state index in [1.807, 2.05) is 12.1 Å². The lowest BCUT2D eigenvalue weighted by atomic mass is 10.2. The van der Waals surface area contributed by atoms with Crippen LogP contribution in [0.3, 0.4) is 0 Å². The highest BCUT2D eigenvalue weighted by Gasteiger charge is 2.17.